The molecule has 2 heterocycles. The Balaban J connectivity index is 2.35. The van der Waals surface area contributed by atoms with Crippen molar-refractivity contribution in [3.8, 4) is 11.3 Å². The van der Waals surface area contributed by atoms with Crippen LogP contribution in [0.5, 0.6) is 0 Å². The molecule has 2 aromatic heterocycles. The zero-order valence-electron chi connectivity index (χ0n) is 10.7. The molecule has 0 amide bonds. The fourth-order valence-electron chi connectivity index (χ4n) is 2.19. The molecule has 0 radical (unpaired) electrons. The zero-order chi connectivity index (χ0) is 14.3. The van der Waals surface area contributed by atoms with Crippen LogP contribution in [0.2, 0.25) is 5.02 Å². The van der Waals surface area contributed by atoms with Crippen LogP contribution in [-0.2, 0) is 0 Å². The summed E-state index contributed by atoms with van der Waals surface area (Å²) in [7, 11) is 0. The van der Waals surface area contributed by atoms with Gasteiger partial charge < -0.3 is 5.11 Å². The van der Waals surface area contributed by atoms with E-state index in [9.17, 15) is 9.90 Å². The fraction of sp³-hybridized carbons (Fsp3) is 0.0667. The van der Waals surface area contributed by atoms with Gasteiger partial charge in [-0.25, -0.2) is 9.78 Å². The van der Waals surface area contributed by atoms with E-state index in [1.165, 1.54) is 0 Å². The smallest absolute Gasteiger partial charge is 0.355 e. The van der Waals surface area contributed by atoms with Crippen LogP contribution in [0.1, 0.15) is 16.1 Å². The Morgan fingerprint density at radius 1 is 1.30 bits per heavy atom. The molecule has 0 spiro atoms. The number of carbonyl (C=O) groups is 1. The molecule has 0 atom stereocenters. The SMILES string of the molecule is Cc1ccn2c(C(=O)O)c(-c3cccc(Cl)c3)nc2c1. The fourth-order valence-corrected chi connectivity index (χ4v) is 2.38. The number of aromatic carboxylic acids is 1. The first-order valence-corrected chi connectivity index (χ1v) is 6.42. The molecule has 0 saturated heterocycles. The lowest BCUT2D eigenvalue weighted by Crippen LogP contribution is -2.03. The van der Waals surface area contributed by atoms with E-state index in [-0.39, 0.29) is 5.69 Å². The Kier molecular flexibility index (Phi) is 2.95. The van der Waals surface area contributed by atoms with E-state index in [0.29, 0.717) is 21.9 Å². The maximum absolute atomic E-state index is 11.5. The monoisotopic (exact) mass is 286 g/mol. The van der Waals surface area contributed by atoms with Gasteiger partial charge in [0.05, 0.1) is 0 Å². The van der Waals surface area contributed by atoms with Gasteiger partial charge in [0.2, 0.25) is 0 Å². The number of halogens is 1. The molecule has 0 unspecified atom stereocenters. The molecule has 0 aliphatic rings. The van der Waals surface area contributed by atoms with Crippen molar-refractivity contribution >= 4 is 23.2 Å². The third-order valence-corrected chi connectivity index (χ3v) is 3.32. The number of imidazole rings is 1. The highest BCUT2D eigenvalue weighted by atomic mass is 35.5. The van der Waals surface area contributed by atoms with Crippen LogP contribution in [0.15, 0.2) is 42.6 Å². The number of hydrogen-bond acceptors (Lipinski definition) is 2. The second kappa shape index (κ2) is 4.65. The topological polar surface area (TPSA) is 54.6 Å². The van der Waals surface area contributed by atoms with Gasteiger partial charge >= 0.3 is 5.97 Å². The lowest BCUT2D eigenvalue weighted by Gasteiger charge is -2.01. The Morgan fingerprint density at radius 2 is 2.10 bits per heavy atom. The largest absolute Gasteiger partial charge is 0.476 e. The summed E-state index contributed by atoms with van der Waals surface area (Å²) < 4.78 is 1.57. The van der Waals surface area contributed by atoms with Crippen molar-refractivity contribution in [2.75, 3.05) is 0 Å². The van der Waals surface area contributed by atoms with Crippen molar-refractivity contribution in [2.24, 2.45) is 0 Å². The number of fused-ring (bicyclic) bond motifs is 1. The van der Waals surface area contributed by atoms with Gasteiger partial charge in [-0.3, -0.25) is 4.40 Å². The first kappa shape index (κ1) is 12.7. The average Bonchev–Trinajstić information content (AvgIpc) is 2.77. The molecule has 20 heavy (non-hydrogen) atoms. The zero-order valence-corrected chi connectivity index (χ0v) is 11.4. The third-order valence-electron chi connectivity index (χ3n) is 3.08. The van der Waals surface area contributed by atoms with E-state index in [2.05, 4.69) is 4.98 Å². The lowest BCUT2D eigenvalue weighted by molar-refractivity contribution is 0.0690. The van der Waals surface area contributed by atoms with Gasteiger partial charge in [0.25, 0.3) is 0 Å². The van der Waals surface area contributed by atoms with E-state index in [1.54, 1.807) is 34.9 Å². The van der Waals surface area contributed by atoms with Crippen LogP contribution >= 0.6 is 11.6 Å². The van der Waals surface area contributed by atoms with E-state index >= 15 is 0 Å². The van der Waals surface area contributed by atoms with Gasteiger partial charge in [-0.15, -0.1) is 0 Å². The van der Waals surface area contributed by atoms with E-state index in [4.69, 9.17) is 11.6 Å². The molecule has 3 aromatic rings. The molecule has 1 aromatic carbocycles. The predicted octanol–water partition coefficient (Wildman–Crippen LogP) is 3.66. The summed E-state index contributed by atoms with van der Waals surface area (Å²) in [4.78, 5) is 16.0. The molecule has 5 heteroatoms. The van der Waals surface area contributed by atoms with Crippen molar-refractivity contribution in [3.05, 3.63) is 58.9 Å². The van der Waals surface area contributed by atoms with Gasteiger partial charge in [0.15, 0.2) is 5.69 Å². The predicted molar refractivity (Wildman–Crippen MR) is 77.3 cm³/mol. The highest BCUT2D eigenvalue weighted by molar-refractivity contribution is 6.30. The van der Waals surface area contributed by atoms with E-state index in [0.717, 1.165) is 5.56 Å². The number of rotatable bonds is 2. The Labute approximate surface area is 120 Å². The van der Waals surface area contributed by atoms with Crippen LogP contribution in [0, 0.1) is 6.92 Å². The number of hydrogen-bond donors (Lipinski definition) is 1. The molecule has 0 bridgehead atoms. The minimum absolute atomic E-state index is 0.141. The second-order valence-electron chi connectivity index (χ2n) is 4.56. The molecule has 3 rings (SSSR count). The van der Waals surface area contributed by atoms with Crippen molar-refractivity contribution in [1.29, 1.82) is 0 Å². The number of benzene rings is 1. The van der Waals surface area contributed by atoms with Crippen LogP contribution in [0.3, 0.4) is 0 Å². The highest BCUT2D eigenvalue weighted by Gasteiger charge is 2.19. The number of carboxylic acid groups (broad SMARTS) is 1. The quantitative estimate of drug-likeness (QED) is 0.782. The lowest BCUT2D eigenvalue weighted by atomic mass is 10.1. The van der Waals surface area contributed by atoms with Crippen molar-refractivity contribution in [1.82, 2.24) is 9.38 Å². The summed E-state index contributed by atoms with van der Waals surface area (Å²) in [5, 5.41) is 10.0. The van der Waals surface area contributed by atoms with Crippen molar-refractivity contribution in [3.63, 3.8) is 0 Å². The van der Waals surface area contributed by atoms with Crippen LogP contribution in [0.25, 0.3) is 16.9 Å². The molecule has 0 saturated carbocycles. The van der Waals surface area contributed by atoms with Crippen LogP contribution in [-0.4, -0.2) is 20.5 Å². The summed E-state index contributed by atoms with van der Waals surface area (Å²) >= 11 is 5.97. The van der Waals surface area contributed by atoms with Gasteiger partial charge in [0.1, 0.15) is 11.3 Å². The van der Waals surface area contributed by atoms with Crippen molar-refractivity contribution < 1.29 is 9.90 Å². The normalized spacial score (nSPS) is 10.9. The molecular formula is C15H11ClN2O2. The van der Waals surface area contributed by atoms with Crippen LogP contribution < -0.4 is 0 Å². The van der Waals surface area contributed by atoms with Gasteiger partial charge in [-0.1, -0.05) is 23.7 Å². The molecule has 0 fully saturated rings. The summed E-state index contributed by atoms with van der Waals surface area (Å²) in [6.45, 7) is 1.94. The Bertz CT molecular complexity index is 824. The minimum atomic E-state index is -1.02. The van der Waals surface area contributed by atoms with Crippen LogP contribution in [0.4, 0.5) is 0 Å². The molecule has 1 N–H and O–H groups in total. The molecule has 4 nitrogen and oxygen atoms in total. The number of aromatic nitrogens is 2. The average molecular weight is 287 g/mol. The summed E-state index contributed by atoms with van der Waals surface area (Å²) in [6.07, 6.45) is 1.72. The van der Waals surface area contributed by atoms with Gasteiger partial charge in [-0.05, 0) is 36.8 Å². The second-order valence-corrected chi connectivity index (χ2v) is 4.99. The molecule has 0 aliphatic heterocycles. The molecular weight excluding hydrogens is 276 g/mol. The summed E-state index contributed by atoms with van der Waals surface area (Å²) in [6, 6.07) is 10.7. The Hall–Kier alpha value is -2.33. The minimum Gasteiger partial charge on any atom is -0.476 e. The number of nitrogens with zero attached hydrogens (tertiary/aromatic N) is 2. The Morgan fingerprint density at radius 3 is 2.80 bits per heavy atom. The highest BCUT2D eigenvalue weighted by Crippen LogP contribution is 2.27. The first-order chi connectivity index (χ1) is 9.56. The van der Waals surface area contributed by atoms with E-state index in [1.807, 2.05) is 19.1 Å². The summed E-state index contributed by atoms with van der Waals surface area (Å²) in [5.74, 6) is -1.02. The maximum Gasteiger partial charge on any atom is 0.355 e. The molecule has 0 aliphatic carbocycles. The van der Waals surface area contributed by atoms with Gasteiger partial charge in [-0.2, -0.15) is 0 Å². The summed E-state index contributed by atoms with van der Waals surface area (Å²) in [5.41, 5.74) is 2.89. The number of aryl methyl sites for hydroxylation is 1. The number of pyridine rings is 1. The number of carboxylic acids is 1. The van der Waals surface area contributed by atoms with Crippen molar-refractivity contribution in [2.45, 2.75) is 6.92 Å². The standard InChI is InChI=1S/C15H11ClN2O2/c1-9-5-6-18-12(7-9)17-13(14(18)15(19)20)10-3-2-4-11(16)8-10/h2-8H,1H3,(H,19,20). The molecule has 100 valence electrons. The third kappa shape index (κ3) is 2.04. The first-order valence-electron chi connectivity index (χ1n) is 6.04. The van der Waals surface area contributed by atoms with E-state index < -0.39 is 5.97 Å². The van der Waals surface area contributed by atoms with Gasteiger partial charge in [0, 0.05) is 16.8 Å². The maximum atomic E-state index is 11.5.